The molecule has 4 rings (SSSR count). The van der Waals surface area contributed by atoms with Gasteiger partial charge in [0.2, 0.25) is 5.91 Å². The lowest BCUT2D eigenvalue weighted by molar-refractivity contribution is -0.139. The van der Waals surface area contributed by atoms with Crippen molar-refractivity contribution in [2.45, 2.75) is 24.9 Å². The van der Waals surface area contributed by atoms with Gasteiger partial charge in [0.05, 0.1) is 42.6 Å². The number of nitrogens with zero attached hydrogens (tertiary/aromatic N) is 2. The van der Waals surface area contributed by atoms with Gasteiger partial charge in [-0.2, -0.15) is 0 Å². The molecular formula is C20H24N4O4S. The number of piperidine rings is 1. The Morgan fingerprint density at radius 3 is 2.83 bits per heavy atom. The van der Waals surface area contributed by atoms with Crippen LogP contribution in [0.3, 0.4) is 0 Å². The van der Waals surface area contributed by atoms with Crippen LogP contribution in [0.15, 0.2) is 24.4 Å². The van der Waals surface area contributed by atoms with Crippen molar-refractivity contribution in [3.05, 3.63) is 34.8 Å². The van der Waals surface area contributed by atoms with Gasteiger partial charge in [0.15, 0.2) is 0 Å². The summed E-state index contributed by atoms with van der Waals surface area (Å²) in [6.45, 7) is 1.79. The quantitative estimate of drug-likeness (QED) is 0.791. The van der Waals surface area contributed by atoms with E-state index in [2.05, 4.69) is 16.4 Å². The van der Waals surface area contributed by atoms with Crippen LogP contribution in [-0.4, -0.2) is 55.2 Å². The summed E-state index contributed by atoms with van der Waals surface area (Å²) in [6, 6.07) is 5.39. The van der Waals surface area contributed by atoms with Gasteiger partial charge >= 0.3 is 6.03 Å². The van der Waals surface area contributed by atoms with Crippen LogP contribution in [0.2, 0.25) is 0 Å². The molecule has 2 aromatic rings. The second kappa shape index (κ2) is 8.00. The van der Waals surface area contributed by atoms with Gasteiger partial charge in [-0.1, -0.05) is 0 Å². The zero-order valence-electron chi connectivity index (χ0n) is 16.3. The molecule has 154 valence electrons. The Labute approximate surface area is 173 Å². The van der Waals surface area contributed by atoms with E-state index in [1.807, 2.05) is 12.1 Å². The molecule has 29 heavy (non-hydrogen) atoms. The first-order chi connectivity index (χ1) is 14.0. The normalized spacial score (nSPS) is 17.6. The maximum Gasteiger partial charge on any atom is 0.312 e. The summed E-state index contributed by atoms with van der Waals surface area (Å²) in [4.78, 5) is 31.8. The fourth-order valence-corrected chi connectivity index (χ4v) is 5.20. The van der Waals surface area contributed by atoms with Crippen molar-refractivity contribution in [1.82, 2.24) is 15.2 Å². The predicted molar refractivity (Wildman–Crippen MR) is 109 cm³/mol. The Morgan fingerprint density at radius 1 is 1.38 bits per heavy atom. The number of carbonyl (C=O) groups is 2. The number of primary amides is 1. The van der Waals surface area contributed by atoms with Crippen LogP contribution in [0, 0.1) is 0 Å². The topological polar surface area (TPSA) is 107 Å². The molecule has 0 saturated carbocycles. The fourth-order valence-electron chi connectivity index (χ4n) is 4.00. The Hall–Kier alpha value is -2.65. The second-order valence-electron chi connectivity index (χ2n) is 7.22. The van der Waals surface area contributed by atoms with E-state index >= 15 is 0 Å². The Kier molecular flexibility index (Phi) is 5.42. The number of hydrogen-bond donors (Lipinski definition) is 2. The summed E-state index contributed by atoms with van der Waals surface area (Å²) < 4.78 is 11.5. The first-order valence-corrected chi connectivity index (χ1v) is 10.4. The van der Waals surface area contributed by atoms with Gasteiger partial charge in [-0.05, 0) is 36.6 Å². The average molecular weight is 417 g/mol. The molecule has 1 fully saturated rings. The van der Waals surface area contributed by atoms with Gasteiger partial charge in [0, 0.05) is 24.4 Å². The summed E-state index contributed by atoms with van der Waals surface area (Å²) in [5.74, 6) is 0.612. The van der Waals surface area contributed by atoms with Gasteiger partial charge < -0.3 is 25.4 Å². The third-order valence-corrected chi connectivity index (χ3v) is 6.79. The van der Waals surface area contributed by atoms with Crippen LogP contribution in [0.4, 0.5) is 4.79 Å². The Balaban J connectivity index is 1.50. The van der Waals surface area contributed by atoms with E-state index in [9.17, 15) is 9.59 Å². The molecule has 1 spiro atoms. The molecule has 2 aromatic heterocycles. The third kappa shape index (κ3) is 3.92. The van der Waals surface area contributed by atoms with E-state index < -0.39 is 6.03 Å². The van der Waals surface area contributed by atoms with Crippen LogP contribution < -0.4 is 15.8 Å². The number of fused-ring (bicyclic) bond motifs is 2. The highest BCUT2D eigenvalue weighted by molar-refractivity contribution is 7.15. The van der Waals surface area contributed by atoms with Crippen molar-refractivity contribution in [3.63, 3.8) is 0 Å². The number of hydrogen-bond acceptors (Lipinski definition) is 6. The molecule has 0 unspecified atom stereocenters. The molecule has 9 heteroatoms. The Morgan fingerprint density at radius 2 is 2.17 bits per heavy atom. The first kappa shape index (κ1) is 19.7. The molecule has 2 aliphatic rings. The zero-order chi connectivity index (χ0) is 20.4. The van der Waals surface area contributed by atoms with Crippen LogP contribution in [0.25, 0.3) is 10.6 Å². The molecule has 1 saturated heterocycles. The predicted octanol–water partition coefficient (Wildman–Crippen LogP) is 1.88. The van der Waals surface area contributed by atoms with Crippen molar-refractivity contribution in [3.8, 4) is 16.3 Å². The lowest BCUT2D eigenvalue weighted by Crippen LogP contribution is -2.50. The highest BCUT2D eigenvalue weighted by atomic mass is 32.1. The van der Waals surface area contributed by atoms with Crippen molar-refractivity contribution < 1.29 is 19.1 Å². The van der Waals surface area contributed by atoms with E-state index in [0.29, 0.717) is 19.7 Å². The van der Waals surface area contributed by atoms with Crippen molar-refractivity contribution in [2.75, 3.05) is 33.4 Å². The number of nitrogens with one attached hydrogen (secondary N) is 1. The minimum Gasteiger partial charge on any atom is -0.495 e. The van der Waals surface area contributed by atoms with Gasteiger partial charge in [-0.15, -0.1) is 11.3 Å². The molecule has 4 heterocycles. The van der Waals surface area contributed by atoms with Gasteiger partial charge in [0.1, 0.15) is 5.75 Å². The minimum atomic E-state index is -0.690. The number of carbonyl (C=O) groups excluding carboxylic acids is 2. The largest absolute Gasteiger partial charge is 0.495 e. The van der Waals surface area contributed by atoms with Crippen molar-refractivity contribution >= 4 is 23.3 Å². The molecule has 3 N–H and O–H groups in total. The van der Waals surface area contributed by atoms with Crippen molar-refractivity contribution in [1.29, 1.82) is 0 Å². The molecule has 3 amide bonds. The molecule has 0 radical (unpaired) electrons. The Bertz CT molecular complexity index is 904. The molecule has 0 aromatic carbocycles. The summed E-state index contributed by atoms with van der Waals surface area (Å²) in [5.41, 5.74) is 6.84. The fraction of sp³-hybridized carbons (Fsp3) is 0.450. The van der Waals surface area contributed by atoms with Crippen LogP contribution in [-0.2, 0) is 21.6 Å². The van der Waals surface area contributed by atoms with Gasteiger partial charge in [-0.3, -0.25) is 9.78 Å². The number of amides is 3. The molecule has 0 aliphatic carbocycles. The minimum absolute atomic E-state index is 0.0693. The number of ether oxygens (including phenoxy) is 2. The monoisotopic (exact) mass is 416 g/mol. The van der Waals surface area contributed by atoms with E-state index in [-0.39, 0.29) is 18.1 Å². The van der Waals surface area contributed by atoms with E-state index in [1.54, 1.807) is 29.5 Å². The van der Waals surface area contributed by atoms with Crippen LogP contribution >= 0.6 is 11.3 Å². The highest BCUT2D eigenvalue weighted by Crippen LogP contribution is 2.46. The van der Waals surface area contributed by atoms with Gasteiger partial charge in [-0.25, -0.2) is 4.79 Å². The van der Waals surface area contributed by atoms with E-state index in [4.69, 9.17) is 15.2 Å². The molecular weight excluding hydrogens is 392 g/mol. The number of nitrogens with two attached hydrogens (primary N) is 1. The highest BCUT2D eigenvalue weighted by Gasteiger charge is 2.42. The average Bonchev–Trinajstić information content (AvgIpc) is 3.19. The molecule has 0 bridgehead atoms. The summed E-state index contributed by atoms with van der Waals surface area (Å²) in [5, 5.41) is 2.36. The smallest absolute Gasteiger partial charge is 0.312 e. The number of aromatic nitrogens is 1. The number of rotatable bonds is 4. The lowest BCUT2D eigenvalue weighted by atomic mass is 9.82. The van der Waals surface area contributed by atoms with Gasteiger partial charge in [0.25, 0.3) is 0 Å². The summed E-state index contributed by atoms with van der Waals surface area (Å²) in [6.07, 6.45) is 4.08. The number of methoxy groups -OCH3 is 1. The first-order valence-electron chi connectivity index (χ1n) is 9.59. The maximum atomic E-state index is 12.3. The number of pyridine rings is 1. The second-order valence-corrected chi connectivity index (χ2v) is 8.36. The van der Waals surface area contributed by atoms with E-state index in [0.717, 1.165) is 35.6 Å². The number of likely N-dealkylation sites (tertiary alicyclic amines) is 1. The number of thiophene rings is 1. The molecule has 0 atom stereocenters. The van der Waals surface area contributed by atoms with Crippen molar-refractivity contribution in [2.24, 2.45) is 5.73 Å². The summed E-state index contributed by atoms with van der Waals surface area (Å²) in [7, 11) is 1.63. The zero-order valence-corrected chi connectivity index (χ0v) is 17.1. The summed E-state index contributed by atoms with van der Waals surface area (Å²) >= 11 is 1.76. The van der Waals surface area contributed by atoms with E-state index in [1.165, 1.54) is 10.4 Å². The SMILES string of the molecule is COc1ccc(-c2cc3c(s2)CCOC32CCN(C(=O)CNC(N)=O)CC2)nc1. The molecule has 2 aliphatic heterocycles. The maximum absolute atomic E-state index is 12.3. The number of urea groups is 1. The third-order valence-electron chi connectivity index (χ3n) is 5.57. The lowest BCUT2D eigenvalue weighted by Gasteiger charge is -2.44. The molecule has 8 nitrogen and oxygen atoms in total. The van der Waals surface area contributed by atoms with Crippen LogP contribution in [0.1, 0.15) is 23.3 Å². The standard InChI is InChI=1S/C20H24N4O4S/c1-27-13-2-3-15(22-11-13)17-10-14-16(29-17)4-9-28-20(14)5-7-24(8-6-20)18(25)12-23-19(21)26/h2-3,10-11H,4-9,12H2,1H3,(H3,21,23,26). The van der Waals surface area contributed by atoms with Crippen LogP contribution in [0.5, 0.6) is 5.75 Å².